The van der Waals surface area contributed by atoms with Crippen molar-refractivity contribution in [3.63, 3.8) is 0 Å². The number of aromatic nitrogens is 2. The van der Waals surface area contributed by atoms with E-state index in [0.29, 0.717) is 11.5 Å². The van der Waals surface area contributed by atoms with E-state index >= 15 is 0 Å². The molecule has 0 amide bonds. The Bertz CT molecular complexity index is 921. The molecule has 2 aliphatic rings. The molecule has 5 rings (SSSR count). The van der Waals surface area contributed by atoms with Crippen molar-refractivity contribution in [2.75, 3.05) is 13.1 Å². The zero-order valence-electron chi connectivity index (χ0n) is 16.0. The summed E-state index contributed by atoms with van der Waals surface area (Å²) in [5.41, 5.74) is 2.78. The molecule has 1 spiro atoms. The number of rotatable bonds is 6. The molecule has 1 saturated heterocycles. The van der Waals surface area contributed by atoms with Gasteiger partial charge in [-0.05, 0) is 50.8 Å². The van der Waals surface area contributed by atoms with Crippen molar-refractivity contribution < 1.29 is 4.42 Å². The molecule has 1 saturated carbocycles. The van der Waals surface area contributed by atoms with E-state index < -0.39 is 0 Å². The maximum atomic E-state index is 5.81. The van der Waals surface area contributed by atoms with Gasteiger partial charge in [-0.1, -0.05) is 18.2 Å². The molecule has 1 aliphatic heterocycles. The Morgan fingerprint density at radius 2 is 2.11 bits per heavy atom. The van der Waals surface area contributed by atoms with Crippen LogP contribution in [0.5, 0.6) is 0 Å². The molecule has 3 heterocycles. The van der Waals surface area contributed by atoms with Crippen molar-refractivity contribution in [2.24, 2.45) is 5.41 Å². The molecule has 1 unspecified atom stereocenters. The van der Waals surface area contributed by atoms with Gasteiger partial charge in [0, 0.05) is 42.5 Å². The van der Waals surface area contributed by atoms with Crippen LogP contribution < -0.4 is 5.32 Å². The molecule has 2 aromatic heterocycles. The van der Waals surface area contributed by atoms with Crippen molar-refractivity contribution in [1.29, 1.82) is 0 Å². The third kappa shape index (κ3) is 3.09. The van der Waals surface area contributed by atoms with Crippen LogP contribution in [0.2, 0.25) is 0 Å². The van der Waals surface area contributed by atoms with Crippen LogP contribution >= 0.6 is 0 Å². The summed E-state index contributed by atoms with van der Waals surface area (Å²) in [5, 5.41) is 4.76. The smallest absolute Gasteiger partial charge is 0.134 e. The van der Waals surface area contributed by atoms with Gasteiger partial charge in [-0.2, -0.15) is 0 Å². The molecule has 3 aromatic rings. The van der Waals surface area contributed by atoms with Crippen molar-refractivity contribution in [3.05, 3.63) is 54.3 Å². The Morgan fingerprint density at radius 3 is 2.96 bits per heavy atom. The number of piperidine rings is 1. The van der Waals surface area contributed by atoms with Gasteiger partial charge in [-0.25, -0.2) is 4.98 Å². The van der Waals surface area contributed by atoms with Gasteiger partial charge < -0.3 is 14.3 Å². The van der Waals surface area contributed by atoms with Crippen LogP contribution in [0.3, 0.4) is 0 Å². The summed E-state index contributed by atoms with van der Waals surface area (Å²) >= 11 is 0. The lowest BCUT2D eigenvalue weighted by Crippen LogP contribution is -2.36. The fraction of sp³-hybridized carbons (Fsp3) is 0.500. The van der Waals surface area contributed by atoms with E-state index in [1.807, 2.05) is 18.5 Å². The predicted molar refractivity (Wildman–Crippen MR) is 106 cm³/mol. The normalized spacial score (nSPS) is 21.3. The lowest BCUT2D eigenvalue weighted by molar-refractivity contribution is 0.182. The SMILES string of the molecule is CCn1ccnc1CN(Cc1coc2ccccc12)C1CC12CCNCC2. The topological polar surface area (TPSA) is 46.2 Å². The number of nitrogens with one attached hydrogen (secondary N) is 1. The number of fused-ring (bicyclic) bond motifs is 1. The highest BCUT2D eigenvalue weighted by atomic mass is 16.3. The zero-order chi connectivity index (χ0) is 18.3. The van der Waals surface area contributed by atoms with Gasteiger partial charge in [0.25, 0.3) is 0 Å². The average Bonchev–Trinajstić information content (AvgIpc) is 3.06. The van der Waals surface area contributed by atoms with Crippen molar-refractivity contribution >= 4 is 11.0 Å². The van der Waals surface area contributed by atoms with Gasteiger partial charge in [0.1, 0.15) is 11.4 Å². The number of furan rings is 1. The standard InChI is InChI=1S/C22H28N4O/c1-2-25-12-11-24-21(25)15-26(20-13-22(20)7-9-23-10-8-22)14-17-16-27-19-6-4-3-5-18(17)19/h3-6,11-12,16,20,23H,2,7-10,13-15H2,1H3. The van der Waals surface area contributed by atoms with E-state index in [9.17, 15) is 0 Å². The molecule has 1 N–H and O–H groups in total. The summed E-state index contributed by atoms with van der Waals surface area (Å²) in [5.74, 6) is 1.17. The lowest BCUT2D eigenvalue weighted by Gasteiger charge is -2.29. The van der Waals surface area contributed by atoms with E-state index in [2.05, 4.69) is 51.1 Å². The van der Waals surface area contributed by atoms with Crippen molar-refractivity contribution in [1.82, 2.24) is 19.8 Å². The van der Waals surface area contributed by atoms with E-state index in [-0.39, 0.29) is 0 Å². The van der Waals surface area contributed by atoms with E-state index in [0.717, 1.165) is 38.3 Å². The van der Waals surface area contributed by atoms with Crippen LogP contribution in [-0.4, -0.2) is 33.6 Å². The first-order valence-electron chi connectivity index (χ1n) is 10.2. The summed E-state index contributed by atoms with van der Waals surface area (Å²) in [6, 6.07) is 9.01. The van der Waals surface area contributed by atoms with Crippen LogP contribution in [0.25, 0.3) is 11.0 Å². The lowest BCUT2D eigenvalue weighted by atomic mass is 9.93. The zero-order valence-corrected chi connectivity index (χ0v) is 16.0. The number of nitrogens with zero attached hydrogens (tertiary/aromatic N) is 3. The summed E-state index contributed by atoms with van der Waals surface area (Å²) in [7, 11) is 0. The van der Waals surface area contributed by atoms with Gasteiger partial charge >= 0.3 is 0 Å². The first kappa shape index (κ1) is 17.0. The fourth-order valence-electron chi connectivity index (χ4n) is 4.92. The Kier molecular flexibility index (Phi) is 4.29. The van der Waals surface area contributed by atoms with Gasteiger partial charge in [0.05, 0.1) is 12.8 Å². The number of hydrogen-bond donors (Lipinski definition) is 1. The predicted octanol–water partition coefficient (Wildman–Crippen LogP) is 3.79. The molecule has 1 atom stereocenters. The summed E-state index contributed by atoms with van der Waals surface area (Å²) in [4.78, 5) is 7.30. The van der Waals surface area contributed by atoms with E-state index in [4.69, 9.17) is 4.42 Å². The molecule has 0 radical (unpaired) electrons. The number of aryl methyl sites for hydroxylation is 1. The monoisotopic (exact) mass is 364 g/mol. The van der Waals surface area contributed by atoms with Crippen LogP contribution in [0, 0.1) is 5.41 Å². The summed E-state index contributed by atoms with van der Waals surface area (Å²) < 4.78 is 8.07. The van der Waals surface area contributed by atoms with Crippen LogP contribution in [0.4, 0.5) is 0 Å². The Morgan fingerprint density at radius 1 is 1.26 bits per heavy atom. The second kappa shape index (κ2) is 6.80. The third-order valence-electron chi connectivity index (χ3n) is 6.61. The first-order valence-corrected chi connectivity index (χ1v) is 10.2. The molecule has 0 bridgehead atoms. The highest BCUT2D eigenvalue weighted by molar-refractivity contribution is 5.80. The van der Waals surface area contributed by atoms with Crippen LogP contribution in [0.15, 0.2) is 47.3 Å². The maximum Gasteiger partial charge on any atom is 0.134 e. The fourth-order valence-corrected chi connectivity index (χ4v) is 4.92. The van der Waals surface area contributed by atoms with Crippen LogP contribution in [0.1, 0.15) is 37.6 Å². The number of para-hydroxylation sites is 1. The molecular weight excluding hydrogens is 336 g/mol. The highest BCUT2D eigenvalue weighted by Gasteiger charge is 2.56. The molecule has 5 nitrogen and oxygen atoms in total. The van der Waals surface area contributed by atoms with Gasteiger partial charge in [-0.3, -0.25) is 4.90 Å². The molecule has 142 valence electrons. The van der Waals surface area contributed by atoms with Crippen LogP contribution in [-0.2, 0) is 19.6 Å². The maximum absolute atomic E-state index is 5.81. The minimum Gasteiger partial charge on any atom is -0.464 e. The van der Waals surface area contributed by atoms with Gasteiger partial charge in [-0.15, -0.1) is 0 Å². The molecule has 1 aromatic carbocycles. The molecule has 1 aliphatic carbocycles. The molecular formula is C22H28N4O. The third-order valence-corrected chi connectivity index (χ3v) is 6.61. The number of benzene rings is 1. The Balaban J connectivity index is 1.43. The summed E-state index contributed by atoms with van der Waals surface area (Å²) in [6.07, 6.45) is 9.87. The number of hydrogen-bond acceptors (Lipinski definition) is 4. The Labute approximate surface area is 160 Å². The molecule has 2 fully saturated rings. The Hall–Kier alpha value is -2.11. The van der Waals surface area contributed by atoms with Crippen molar-refractivity contribution in [3.8, 4) is 0 Å². The second-order valence-corrected chi connectivity index (χ2v) is 8.12. The highest BCUT2D eigenvalue weighted by Crippen LogP contribution is 2.56. The second-order valence-electron chi connectivity index (χ2n) is 8.12. The largest absolute Gasteiger partial charge is 0.464 e. The van der Waals surface area contributed by atoms with Gasteiger partial charge in [0.2, 0.25) is 0 Å². The van der Waals surface area contributed by atoms with E-state index in [1.165, 1.54) is 36.0 Å². The minimum absolute atomic E-state index is 0.508. The quantitative estimate of drug-likeness (QED) is 0.723. The van der Waals surface area contributed by atoms with Crippen molar-refractivity contribution in [2.45, 2.75) is 51.9 Å². The number of imidazole rings is 1. The molecule has 27 heavy (non-hydrogen) atoms. The van der Waals surface area contributed by atoms with Gasteiger partial charge in [0.15, 0.2) is 0 Å². The minimum atomic E-state index is 0.508. The average molecular weight is 364 g/mol. The summed E-state index contributed by atoms with van der Waals surface area (Å²) in [6.45, 7) is 7.29. The first-order chi connectivity index (χ1) is 13.3. The van der Waals surface area contributed by atoms with E-state index in [1.54, 1.807) is 0 Å². The molecule has 5 heteroatoms.